The minimum atomic E-state index is -0.518. The molecule has 1 amide bonds. The number of ether oxygens (including phenoxy) is 1. The number of rotatable bonds is 4. The molecule has 1 aromatic heterocycles. The third-order valence-electron chi connectivity index (χ3n) is 1.94. The summed E-state index contributed by atoms with van der Waals surface area (Å²) in [5.41, 5.74) is -0.518. The second-order valence-electron chi connectivity index (χ2n) is 4.70. The molecule has 18 heavy (non-hydrogen) atoms. The molecule has 0 saturated heterocycles. The van der Waals surface area contributed by atoms with E-state index in [0.717, 1.165) is 0 Å². The lowest BCUT2D eigenvalue weighted by Gasteiger charge is -2.19. The molecule has 2 N–H and O–H groups in total. The Balaban J connectivity index is 2.61. The van der Waals surface area contributed by atoms with E-state index in [4.69, 9.17) is 17.0 Å². The zero-order valence-electron chi connectivity index (χ0n) is 10.8. The van der Waals surface area contributed by atoms with Crippen molar-refractivity contribution < 1.29 is 9.53 Å². The van der Waals surface area contributed by atoms with Crippen LogP contribution in [0.2, 0.25) is 0 Å². The van der Waals surface area contributed by atoms with Crippen molar-refractivity contribution in [2.75, 3.05) is 0 Å². The molecule has 7 heteroatoms. The number of carbonyl (C=O) groups excluding carboxylic acids is 1. The van der Waals surface area contributed by atoms with Crippen molar-refractivity contribution in [3.63, 3.8) is 0 Å². The smallest absolute Gasteiger partial charge is 0.408 e. The summed E-state index contributed by atoms with van der Waals surface area (Å²) < 4.78 is 7.37. The van der Waals surface area contributed by atoms with Crippen molar-refractivity contribution >= 4 is 18.3 Å². The van der Waals surface area contributed by atoms with Gasteiger partial charge in [-0.05, 0) is 33.0 Å². The maximum absolute atomic E-state index is 11.5. The highest BCUT2D eigenvalue weighted by Gasteiger charge is 2.16. The monoisotopic (exact) mass is 270 g/mol. The molecule has 0 aliphatic carbocycles. The summed E-state index contributed by atoms with van der Waals surface area (Å²) in [5, 5.41) is 9.32. The Morgan fingerprint density at radius 3 is 2.89 bits per heavy atom. The third kappa shape index (κ3) is 4.33. The number of amides is 1. The number of allylic oxidation sites excluding steroid dienone is 1. The van der Waals surface area contributed by atoms with E-state index < -0.39 is 11.7 Å². The number of aromatic amines is 1. The molecule has 0 atom stereocenters. The van der Waals surface area contributed by atoms with Crippen LogP contribution in [0.1, 0.15) is 26.6 Å². The molecule has 0 radical (unpaired) electrons. The van der Waals surface area contributed by atoms with Crippen LogP contribution in [0.3, 0.4) is 0 Å². The highest BCUT2D eigenvalue weighted by molar-refractivity contribution is 7.71. The van der Waals surface area contributed by atoms with E-state index in [-0.39, 0.29) is 6.54 Å². The molecular formula is C11H18N4O2S. The molecule has 0 aliphatic heterocycles. The van der Waals surface area contributed by atoms with Crippen LogP contribution in [0.4, 0.5) is 4.79 Å². The van der Waals surface area contributed by atoms with Gasteiger partial charge >= 0.3 is 6.09 Å². The molecule has 1 rings (SSSR count). The lowest BCUT2D eigenvalue weighted by molar-refractivity contribution is 0.0521. The van der Waals surface area contributed by atoms with E-state index in [1.165, 1.54) is 0 Å². The predicted octanol–water partition coefficient (Wildman–Crippen LogP) is 2.15. The van der Waals surface area contributed by atoms with Gasteiger partial charge in [-0.2, -0.15) is 5.10 Å². The largest absolute Gasteiger partial charge is 0.444 e. The molecule has 100 valence electrons. The Morgan fingerprint density at radius 2 is 2.33 bits per heavy atom. The van der Waals surface area contributed by atoms with Crippen molar-refractivity contribution in [1.29, 1.82) is 0 Å². The Morgan fingerprint density at radius 1 is 1.67 bits per heavy atom. The van der Waals surface area contributed by atoms with Crippen LogP contribution in [0.15, 0.2) is 12.7 Å². The molecule has 1 aromatic rings. The lowest BCUT2D eigenvalue weighted by atomic mass is 10.2. The number of nitrogens with one attached hydrogen (secondary N) is 2. The zero-order valence-corrected chi connectivity index (χ0v) is 11.6. The molecule has 0 saturated carbocycles. The minimum Gasteiger partial charge on any atom is -0.444 e. The van der Waals surface area contributed by atoms with Gasteiger partial charge < -0.3 is 10.1 Å². The molecule has 0 aliphatic rings. The predicted molar refractivity (Wildman–Crippen MR) is 70.7 cm³/mol. The standard InChI is InChI=1S/C11H18N4O2S/c1-5-6-15-8(13-14-9(15)18)7-12-10(16)17-11(2,3)4/h5H,1,6-7H2,2-4H3,(H,12,16)(H,14,18). The van der Waals surface area contributed by atoms with Crippen LogP contribution in [-0.4, -0.2) is 26.5 Å². The third-order valence-corrected chi connectivity index (χ3v) is 2.25. The fraction of sp³-hybridized carbons (Fsp3) is 0.545. The number of carbonyl (C=O) groups is 1. The van der Waals surface area contributed by atoms with Crippen LogP contribution < -0.4 is 5.32 Å². The van der Waals surface area contributed by atoms with E-state index in [1.54, 1.807) is 31.4 Å². The van der Waals surface area contributed by atoms with Gasteiger partial charge in [0.2, 0.25) is 0 Å². The summed E-state index contributed by atoms with van der Waals surface area (Å²) in [6, 6.07) is 0. The van der Waals surface area contributed by atoms with Gasteiger partial charge in [0, 0.05) is 6.54 Å². The normalized spacial score (nSPS) is 11.1. The van der Waals surface area contributed by atoms with Gasteiger partial charge in [-0.15, -0.1) is 6.58 Å². The van der Waals surface area contributed by atoms with Crippen LogP contribution in [0.5, 0.6) is 0 Å². The number of aromatic nitrogens is 3. The first-order chi connectivity index (χ1) is 8.33. The highest BCUT2D eigenvalue weighted by Crippen LogP contribution is 2.06. The number of alkyl carbamates (subject to hydrolysis) is 1. The van der Waals surface area contributed by atoms with Gasteiger partial charge in [0.15, 0.2) is 10.6 Å². The van der Waals surface area contributed by atoms with Gasteiger partial charge in [0.25, 0.3) is 0 Å². The Bertz CT molecular complexity index is 484. The fourth-order valence-corrected chi connectivity index (χ4v) is 1.49. The quantitative estimate of drug-likeness (QED) is 0.649. The number of nitrogens with zero attached hydrogens (tertiary/aromatic N) is 2. The summed E-state index contributed by atoms with van der Waals surface area (Å²) in [5.74, 6) is 0.630. The van der Waals surface area contributed by atoms with Crippen molar-refractivity contribution in [3.05, 3.63) is 23.3 Å². The average Bonchev–Trinajstić information content (AvgIpc) is 2.56. The number of hydrogen-bond acceptors (Lipinski definition) is 4. The SMILES string of the molecule is C=CCn1c(CNC(=O)OC(C)(C)C)n[nH]c1=S. The summed E-state index contributed by atoms with van der Waals surface area (Å²) in [6.07, 6.45) is 1.23. The van der Waals surface area contributed by atoms with Gasteiger partial charge in [0.1, 0.15) is 5.60 Å². The van der Waals surface area contributed by atoms with Gasteiger partial charge in [-0.3, -0.25) is 9.67 Å². The van der Waals surface area contributed by atoms with Gasteiger partial charge in [-0.25, -0.2) is 4.79 Å². The topological polar surface area (TPSA) is 71.9 Å². The second kappa shape index (κ2) is 5.81. The summed E-state index contributed by atoms with van der Waals surface area (Å²) >= 11 is 5.06. The summed E-state index contributed by atoms with van der Waals surface area (Å²) in [7, 11) is 0. The molecule has 0 fully saturated rings. The van der Waals surface area contributed by atoms with Crippen LogP contribution >= 0.6 is 12.2 Å². The zero-order chi connectivity index (χ0) is 13.8. The fourth-order valence-electron chi connectivity index (χ4n) is 1.27. The molecular weight excluding hydrogens is 252 g/mol. The Labute approximate surface area is 111 Å². The molecule has 0 spiro atoms. The molecule has 1 heterocycles. The first-order valence-corrected chi connectivity index (χ1v) is 5.96. The number of hydrogen-bond donors (Lipinski definition) is 2. The van der Waals surface area contributed by atoms with E-state index in [0.29, 0.717) is 17.1 Å². The average molecular weight is 270 g/mol. The minimum absolute atomic E-state index is 0.246. The summed E-state index contributed by atoms with van der Waals surface area (Å²) in [6.45, 7) is 9.85. The van der Waals surface area contributed by atoms with Crippen LogP contribution in [0, 0.1) is 4.77 Å². The molecule has 0 unspecified atom stereocenters. The van der Waals surface area contributed by atoms with Crippen LogP contribution in [-0.2, 0) is 17.8 Å². The Hall–Kier alpha value is -1.63. The van der Waals surface area contributed by atoms with E-state index in [2.05, 4.69) is 22.1 Å². The van der Waals surface area contributed by atoms with Crippen molar-refractivity contribution in [3.8, 4) is 0 Å². The Kier molecular flexibility index (Phi) is 4.66. The molecule has 0 aromatic carbocycles. The lowest BCUT2D eigenvalue weighted by Crippen LogP contribution is -2.32. The highest BCUT2D eigenvalue weighted by atomic mass is 32.1. The van der Waals surface area contributed by atoms with Crippen LogP contribution in [0.25, 0.3) is 0 Å². The number of H-pyrrole nitrogens is 1. The van der Waals surface area contributed by atoms with Crippen molar-refractivity contribution in [2.24, 2.45) is 0 Å². The van der Waals surface area contributed by atoms with E-state index in [1.807, 2.05) is 0 Å². The van der Waals surface area contributed by atoms with E-state index in [9.17, 15) is 4.79 Å². The van der Waals surface area contributed by atoms with Crippen molar-refractivity contribution in [2.45, 2.75) is 39.5 Å². The first kappa shape index (κ1) is 14.4. The van der Waals surface area contributed by atoms with E-state index >= 15 is 0 Å². The molecule has 6 nitrogen and oxygen atoms in total. The second-order valence-corrected chi connectivity index (χ2v) is 5.09. The maximum atomic E-state index is 11.5. The van der Waals surface area contributed by atoms with Gasteiger partial charge in [0.05, 0.1) is 6.54 Å². The van der Waals surface area contributed by atoms with Gasteiger partial charge in [-0.1, -0.05) is 6.08 Å². The maximum Gasteiger partial charge on any atom is 0.408 e. The summed E-state index contributed by atoms with van der Waals surface area (Å²) in [4.78, 5) is 11.5. The first-order valence-electron chi connectivity index (χ1n) is 5.55. The van der Waals surface area contributed by atoms with Crippen molar-refractivity contribution in [1.82, 2.24) is 20.1 Å². The molecule has 0 bridgehead atoms.